The molecule has 3 rings (SSSR count). The van der Waals surface area contributed by atoms with Crippen LogP contribution in [0.15, 0.2) is 24.4 Å². The Morgan fingerprint density at radius 3 is 2.80 bits per heavy atom. The predicted molar refractivity (Wildman–Crippen MR) is 84.9 cm³/mol. The molecule has 20 heavy (non-hydrogen) atoms. The van der Waals surface area contributed by atoms with Crippen molar-refractivity contribution in [1.82, 2.24) is 10.2 Å². The van der Waals surface area contributed by atoms with Gasteiger partial charge in [-0.1, -0.05) is 39.7 Å². The monoisotopic (exact) mass is 271 g/mol. The molecule has 0 aliphatic heterocycles. The van der Waals surface area contributed by atoms with E-state index in [0.717, 1.165) is 11.4 Å². The van der Waals surface area contributed by atoms with Gasteiger partial charge in [0.05, 0.1) is 11.7 Å². The first-order valence-corrected chi connectivity index (χ1v) is 7.74. The van der Waals surface area contributed by atoms with Gasteiger partial charge in [-0.15, -0.1) is 0 Å². The van der Waals surface area contributed by atoms with Crippen LogP contribution in [0.3, 0.4) is 0 Å². The lowest BCUT2D eigenvalue weighted by molar-refractivity contribution is 0.163. The van der Waals surface area contributed by atoms with Crippen LogP contribution in [-0.4, -0.2) is 16.2 Å². The van der Waals surface area contributed by atoms with E-state index in [1.807, 2.05) is 6.20 Å². The van der Waals surface area contributed by atoms with Crippen LogP contribution in [-0.2, 0) is 0 Å². The number of aromatic amines is 1. The third kappa shape index (κ3) is 2.54. The summed E-state index contributed by atoms with van der Waals surface area (Å²) in [6, 6.07) is 6.92. The van der Waals surface area contributed by atoms with Gasteiger partial charge in [0.15, 0.2) is 0 Å². The van der Waals surface area contributed by atoms with Gasteiger partial charge < -0.3 is 5.32 Å². The van der Waals surface area contributed by atoms with Crippen LogP contribution >= 0.6 is 0 Å². The van der Waals surface area contributed by atoms with Crippen molar-refractivity contribution in [1.29, 1.82) is 0 Å². The summed E-state index contributed by atoms with van der Waals surface area (Å²) in [6.07, 6.45) is 7.24. The summed E-state index contributed by atoms with van der Waals surface area (Å²) in [5.41, 5.74) is 2.69. The van der Waals surface area contributed by atoms with Crippen LogP contribution in [0.1, 0.15) is 46.5 Å². The number of benzene rings is 1. The van der Waals surface area contributed by atoms with Crippen molar-refractivity contribution < 1.29 is 0 Å². The van der Waals surface area contributed by atoms with Crippen molar-refractivity contribution in [3.63, 3.8) is 0 Å². The third-order valence-electron chi connectivity index (χ3n) is 4.70. The molecule has 1 aliphatic carbocycles. The number of anilines is 1. The maximum Gasteiger partial charge on any atom is 0.0671 e. The van der Waals surface area contributed by atoms with Gasteiger partial charge in [-0.3, -0.25) is 5.10 Å². The second kappa shape index (κ2) is 5.12. The summed E-state index contributed by atoms with van der Waals surface area (Å²) in [7, 11) is 0. The molecule has 2 atom stereocenters. The van der Waals surface area contributed by atoms with Gasteiger partial charge in [-0.25, -0.2) is 0 Å². The molecule has 2 unspecified atom stereocenters. The van der Waals surface area contributed by atoms with Gasteiger partial charge in [0.1, 0.15) is 0 Å². The van der Waals surface area contributed by atoms with Crippen molar-refractivity contribution in [2.75, 3.05) is 5.32 Å². The highest BCUT2D eigenvalue weighted by Gasteiger charge is 2.34. The molecular formula is C17H25N3. The number of aromatic nitrogens is 2. The molecule has 1 fully saturated rings. The van der Waals surface area contributed by atoms with Crippen LogP contribution < -0.4 is 5.32 Å². The van der Waals surface area contributed by atoms with E-state index in [9.17, 15) is 0 Å². The van der Waals surface area contributed by atoms with Crippen LogP contribution in [0, 0.1) is 11.3 Å². The fraction of sp³-hybridized carbons (Fsp3) is 0.588. The van der Waals surface area contributed by atoms with E-state index >= 15 is 0 Å². The van der Waals surface area contributed by atoms with Gasteiger partial charge in [-0.2, -0.15) is 5.10 Å². The Morgan fingerprint density at radius 2 is 2.00 bits per heavy atom. The number of H-pyrrole nitrogens is 1. The molecule has 1 aromatic carbocycles. The van der Waals surface area contributed by atoms with E-state index in [4.69, 9.17) is 0 Å². The van der Waals surface area contributed by atoms with E-state index < -0.39 is 0 Å². The van der Waals surface area contributed by atoms with Gasteiger partial charge in [-0.05, 0) is 36.3 Å². The highest BCUT2D eigenvalue weighted by Crippen LogP contribution is 2.39. The van der Waals surface area contributed by atoms with Crippen molar-refractivity contribution in [3.8, 4) is 0 Å². The highest BCUT2D eigenvalue weighted by molar-refractivity contribution is 5.90. The molecule has 0 bridgehead atoms. The maximum absolute atomic E-state index is 4.16. The molecule has 0 spiro atoms. The summed E-state index contributed by atoms with van der Waals surface area (Å²) in [6.45, 7) is 7.11. The number of rotatable bonds is 2. The minimum atomic E-state index is 0.363. The van der Waals surface area contributed by atoms with Crippen molar-refractivity contribution in [2.24, 2.45) is 11.3 Å². The van der Waals surface area contributed by atoms with Gasteiger partial charge in [0.2, 0.25) is 0 Å². The molecule has 1 aromatic heterocycles. The zero-order valence-corrected chi connectivity index (χ0v) is 12.7. The number of hydrogen-bond acceptors (Lipinski definition) is 2. The van der Waals surface area contributed by atoms with E-state index in [-0.39, 0.29) is 0 Å². The molecule has 0 saturated heterocycles. The second-order valence-corrected chi connectivity index (χ2v) is 7.14. The lowest BCUT2D eigenvalue weighted by Crippen LogP contribution is -2.39. The average molecular weight is 271 g/mol. The summed E-state index contributed by atoms with van der Waals surface area (Å²) < 4.78 is 0. The van der Waals surface area contributed by atoms with Crippen LogP contribution in [0.5, 0.6) is 0 Å². The maximum atomic E-state index is 4.16. The topological polar surface area (TPSA) is 40.7 Å². The first-order chi connectivity index (χ1) is 9.55. The van der Waals surface area contributed by atoms with Crippen LogP contribution in [0.25, 0.3) is 10.9 Å². The predicted octanol–water partition coefficient (Wildman–Crippen LogP) is 4.58. The first-order valence-electron chi connectivity index (χ1n) is 7.74. The zero-order chi connectivity index (χ0) is 14.2. The second-order valence-electron chi connectivity index (χ2n) is 7.14. The summed E-state index contributed by atoms with van der Waals surface area (Å²) in [5.74, 6) is 0.735. The third-order valence-corrected chi connectivity index (χ3v) is 4.70. The lowest BCUT2D eigenvalue weighted by Gasteiger charge is -2.41. The van der Waals surface area contributed by atoms with Crippen molar-refractivity contribution in [2.45, 2.75) is 52.5 Å². The molecule has 1 heterocycles. The molecule has 3 heteroatoms. The van der Waals surface area contributed by atoms with E-state index in [0.29, 0.717) is 11.5 Å². The Morgan fingerprint density at radius 1 is 1.20 bits per heavy atom. The largest absolute Gasteiger partial charge is 0.381 e. The van der Waals surface area contributed by atoms with Crippen LogP contribution in [0.2, 0.25) is 0 Å². The van der Waals surface area contributed by atoms with E-state index in [1.165, 1.54) is 36.8 Å². The lowest BCUT2D eigenvalue weighted by atomic mass is 9.69. The molecule has 0 radical (unpaired) electrons. The van der Waals surface area contributed by atoms with Crippen LogP contribution in [0.4, 0.5) is 5.69 Å². The average Bonchev–Trinajstić information content (AvgIpc) is 2.87. The summed E-state index contributed by atoms with van der Waals surface area (Å²) >= 11 is 0. The SMILES string of the molecule is CC(C)(C)C1CCCCC1Nc1cccc2[nH]ncc12. The standard InChI is InChI=1S/C17H25N3/c1-17(2,3)13-7-4-5-8-16(13)19-14-9-6-10-15-12(14)11-18-20-15/h6,9-11,13,16,19H,4-5,7-8H2,1-3H3,(H,18,20). The molecule has 0 amide bonds. The Balaban J connectivity index is 1.87. The van der Waals surface area contributed by atoms with Crippen molar-refractivity contribution in [3.05, 3.63) is 24.4 Å². The molecule has 1 saturated carbocycles. The molecule has 3 nitrogen and oxygen atoms in total. The number of fused-ring (bicyclic) bond motifs is 1. The van der Waals surface area contributed by atoms with Gasteiger partial charge in [0.25, 0.3) is 0 Å². The minimum Gasteiger partial charge on any atom is -0.381 e. The number of hydrogen-bond donors (Lipinski definition) is 2. The fourth-order valence-electron chi connectivity index (χ4n) is 3.63. The fourth-order valence-corrected chi connectivity index (χ4v) is 3.63. The van der Waals surface area contributed by atoms with E-state index in [2.05, 4.69) is 54.5 Å². The summed E-state index contributed by atoms with van der Waals surface area (Å²) in [5, 5.41) is 12.2. The molecule has 1 aliphatic rings. The quantitative estimate of drug-likeness (QED) is 0.839. The Kier molecular flexibility index (Phi) is 3.45. The molecular weight excluding hydrogens is 246 g/mol. The minimum absolute atomic E-state index is 0.363. The Bertz CT molecular complexity index is 579. The molecule has 108 valence electrons. The Hall–Kier alpha value is -1.51. The Labute approximate surface area is 121 Å². The molecule has 2 aromatic rings. The first kappa shape index (κ1) is 13.5. The highest BCUT2D eigenvalue weighted by atomic mass is 15.1. The number of nitrogens with zero attached hydrogens (tertiary/aromatic N) is 1. The smallest absolute Gasteiger partial charge is 0.0671 e. The normalized spacial score (nSPS) is 23.9. The van der Waals surface area contributed by atoms with Gasteiger partial charge >= 0.3 is 0 Å². The van der Waals surface area contributed by atoms with E-state index in [1.54, 1.807) is 0 Å². The molecule has 2 N–H and O–H groups in total. The number of nitrogens with one attached hydrogen (secondary N) is 2. The van der Waals surface area contributed by atoms with Gasteiger partial charge in [0, 0.05) is 17.1 Å². The zero-order valence-electron chi connectivity index (χ0n) is 12.7. The van der Waals surface area contributed by atoms with Crippen molar-refractivity contribution >= 4 is 16.6 Å². The summed E-state index contributed by atoms with van der Waals surface area (Å²) in [4.78, 5) is 0.